The first kappa shape index (κ1) is 43.0. The van der Waals surface area contributed by atoms with Crippen LogP contribution in [0.3, 0.4) is 0 Å². The average molecular weight is 914 g/mol. The number of carboxylic acid groups (broad SMARTS) is 1. The molecule has 0 bridgehead atoms. The Hall–Kier alpha value is -5.68. The van der Waals surface area contributed by atoms with Crippen LogP contribution in [0.25, 0.3) is 44.2 Å². The van der Waals surface area contributed by atoms with Crippen LogP contribution in [0, 0.1) is 17.8 Å². The van der Waals surface area contributed by atoms with Gasteiger partial charge in [0.15, 0.2) is 0 Å². The lowest BCUT2D eigenvalue weighted by molar-refractivity contribution is -0.137. The van der Waals surface area contributed by atoms with Crippen LogP contribution in [0.15, 0.2) is 47.1 Å². The molecular formula is C45H53BrN8O8. The number of nitrogens with zero attached hydrogens (tertiary/aromatic N) is 4. The molecule has 17 heteroatoms. The first-order valence-electron chi connectivity index (χ1n) is 21.1. The molecule has 0 radical (unpaired) electrons. The number of methoxy groups -OCH3 is 2. The minimum Gasteiger partial charge on any atom is -0.488 e. The lowest BCUT2D eigenvalue weighted by Gasteiger charge is -2.32. The van der Waals surface area contributed by atoms with Gasteiger partial charge in [0.05, 0.1) is 42.5 Å². The fourth-order valence-corrected chi connectivity index (χ4v) is 9.95. The van der Waals surface area contributed by atoms with Crippen LogP contribution in [0.4, 0.5) is 9.59 Å². The van der Waals surface area contributed by atoms with Gasteiger partial charge >= 0.3 is 12.2 Å². The molecule has 2 fully saturated rings. The van der Waals surface area contributed by atoms with Gasteiger partial charge in [0.2, 0.25) is 11.8 Å². The standard InChI is InChI=1S/C45H53BrN8O8/c1-21(2)35(51-45(59)61-7)42(55)53-18-24(19-60-6)14-33(53)41-48-37(39(46)52-41)26-9-11-28-27(15-26)20-62-34-17-29-25(16-30(28)34)10-12-31-38(29)49-40(47-31)32-13-8-23(5)54(32)43(56)36(22(3)4)50-44(57)58/h9-12,15-17,21-24,32-33,35-36,50H,8,13-14,18-20H2,1-7H3,(H,47,49)(H,48,52)(H,51,59)(H,57,58)/t23-,24-,32-,33-,35-,36-/m0/s1. The number of imidazole rings is 2. The molecule has 16 nitrogen and oxygen atoms in total. The van der Waals surface area contributed by atoms with Crippen molar-refractivity contribution in [2.75, 3.05) is 27.4 Å². The molecule has 4 amide bonds. The summed E-state index contributed by atoms with van der Waals surface area (Å²) < 4.78 is 17.4. The van der Waals surface area contributed by atoms with Crippen molar-refractivity contribution in [3.8, 4) is 28.1 Å². The largest absolute Gasteiger partial charge is 0.488 e. The second kappa shape index (κ2) is 17.2. The summed E-state index contributed by atoms with van der Waals surface area (Å²) in [6.07, 6.45) is 0.238. The molecule has 0 aliphatic carbocycles. The zero-order chi connectivity index (χ0) is 44.1. The molecule has 5 aromatic rings. The van der Waals surface area contributed by atoms with Crippen molar-refractivity contribution >= 4 is 61.7 Å². The van der Waals surface area contributed by atoms with Crippen LogP contribution in [-0.2, 0) is 25.7 Å². The Morgan fingerprint density at radius 1 is 0.919 bits per heavy atom. The van der Waals surface area contributed by atoms with Crippen LogP contribution in [0.5, 0.6) is 5.75 Å². The number of halogens is 1. The van der Waals surface area contributed by atoms with E-state index in [2.05, 4.69) is 60.8 Å². The highest BCUT2D eigenvalue weighted by atomic mass is 79.9. The molecule has 3 aromatic carbocycles. The van der Waals surface area contributed by atoms with E-state index < -0.39 is 24.3 Å². The summed E-state index contributed by atoms with van der Waals surface area (Å²) in [5.41, 5.74) is 6.31. The predicted molar refractivity (Wildman–Crippen MR) is 235 cm³/mol. The molecule has 62 heavy (non-hydrogen) atoms. The number of aromatic nitrogens is 4. The Bertz CT molecular complexity index is 2550. The zero-order valence-corrected chi connectivity index (χ0v) is 37.5. The van der Waals surface area contributed by atoms with Crippen molar-refractivity contribution in [3.05, 3.63) is 64.3 Å². The molecule has 8 rings (SSSR count). The summed E-state index contributed by atoms with van der Waals surface area (Å²) in [6, 6.07) is 12.1. The van der Waals surface area contributed by atoms with Gasteiger partial charge in [-0.25, -0.2) is 19.6 Å². The second-order valence-corrected chi connectivity index (χ2v) is 18.1. The molecule has 2 aromatic heterocycles. The van der Waals surface area contributed by atoms with Crippen LogP contribution in [0.2, 0.25) is 0 Å². The number of hydrogen-bond donors (Lipinski definition) is 5. The maximum absolute atomic E-state index is 14.0. The van der Waals surface area contributed by atoms with E-state index in [1.54, 1.807) is 16.9 Å². The SMILES string of the molecule is COC[C@H]1C[C@@H](c2nc(Br)c(-c3ccc4c(c3)COc3cc5c(ccc6nc([C@@H]7CC[C@H](C)N7C(=O)[C@@H](NC(=O)O)C(C)C)[nH]c65)cc3-4)[nH]2)N(C(=O)[C@@H](NC(=O)OC)C(C)C)C1. The third-order valence-corrected chi connectivity index (χ3v) is 13.1. The van der Waals surface area contributed by atoms with E-state index in [1.807, 2.05) is 52.8 Å². The third kappa shape index (κ3) is 7.96. The highest BCUT2D eigenvalue weighted by Gasteiger charge is 2.43. The maximum Gasteiger partial charge on any atom is 0.407 e. The number of aromatic amines is 2. The van der Waals surface area contributed by atoms with Crippen LogP contribution < -0.4 is 15.4 Å². The summed E-state index contributed by atoms with van der Waals surface area (Å²) in [7, 11) is 2.93. The fourth-order valence-electron chi connectivity index (χ4n) is 9.44. The number of rotatable bonds is 11. The van der Waals surface area contributed by atoms with Gasteiger partial charge in [-0.15, -0.1) is 0 Å². The van der Waals surface area contributed by atoms with Gasteiger partial charge in [0.25, 0.3) is 0 Å². The Morgan fingerprint density at radius 3 is 2.37 bits per heavy atom. The van der Waals surface area contributed by atoms with Gasteiger partial charge in [-0.2, -0.15) is 0 Å². The van der Waals surface area contributed by atoms with Gasteiger partial charge in [0, 0.05) is 42.1 Å². The molecule has 5 N–H and O–H groups in total. The van der Waals surface area contributed by atoms with Crippen molar-refractivity contribution < 1.29 is 38.5 Å². The highest BCUT2D eigenvalue weighted by Crippen LogP contribution is 2.45. The van der Waals surface area contributed by atoms with Gasteiger partial charge in [-0.05, 0) is 94.7 Å². The second-order valence-electron chi connectivity index (χ2n) is 17.4. The van der Waals surface area contributed by atoms with E-state index in [9.17, 15) is 24.3 Å². The van der Waals surface area contributed by atoms with Gasteiger partial charge in [-0.3, -0.25) is 9.59 Å². The molecule has 0 unspecified atom stereocenters. The fraction of sp³-hybridized carbons (Fsp3) is 0.467. The van der Waals surface area contributed by atoms with Gasteiger partial charge in [-0.1, -0.05) is 45.9 Å². The molecule has 328 valence electrons. The van der Waals surface area contributed by atoms with E-state index >= 15 is 0 Å². The van der Waals surface area contributed by atoms with E-state index in [-0.39, 0.29) is 47.7 Å². The predicted octanol–water partition coefficient (Wildman–Crippen LogP) is 7.69. The number of hydrogen-bond acceptors (Lipinski definition) is 9. The Kier molecular flexibility index (Phi) is 11.9. The molecule has 5 heterocycles. The summed E-state index contributed by atoms with van der Waals surface area (Å²) in [5, 5.41) is 16.5. The monoisotopic (exact) mass is 912 g/mol. The number of carbonyl (C=O) groups is 4. The minimum absolute atomic E-state index is 0.0743. The summed E-state index contributed by atoms with van der Waals surface area (Å²) in [6.45, 7) is 10.7. The first-order chi connectivity index (χ1) is 29.7. The first-order valence-corrected chi connectivity index (χ1v) is 21.9. The van der Waals surface area contributed by atoms with E-state index in [4.69, 9.17) is 24.2 Å². The zero-order valence-electron chi connectivity index (χ0n) is 35.9. The van der Waals surface area contributed by atoms with Crippen molar-refractivity contribution in [3.63, 3.8) is 0 Å². The van der Waals surface area contributed by atoms with Gasteiger partial charge in [0.1, 0.15) is 40.7 Å². The Balaban J connectivity index is 1.07. The van der Waals surface area contributed by atoms with Crippen molar-refractivity contribution in [2.45, 2.75) is 90.7 Å². The number of H-pyrrole nitrogens is 2. The van der Waals surface area contributed by atoms with Crippen molar-refractivity contribution in [1.29, 1.82) is 0 Å². The number of likely N-dealkylation sites (tertiary alicyclic amines) is 2. The number of benzene rings is 3. The van der Waals surface area contributed by atoms with Gasteiger partial charge < -0.3 is 49.7 Å². The van der Waals surface area contributed by atoms with E-state index in [1.165, 1.54) is 7.11 Å². The molecule has 3 aliphatic rings. The summed E-state index contributed by atoms with van der Waals surface area (Å²) in [4.78, 5) is 72.1. The van der Waals surface area contributed by atoms with Crippen molar-refractivity contribution in [1.82, 2.24) is 40.4 Å². The average Bonchev–Trinajstić information content (AvgIpc) is 4.05. The molecule has 0 spiro atoms. The molecule has 0 saturated carbocycles. The highest BCUT2D eigenvalue weighted by molar-refractivity contribution is 9.10. The molecule has 3 aliphatic heterocycles. The molecular weight excluding hydrogens is 860 g/mol. The maximum atomic E-state index is 14.0. The van der Waals surface area contributed by atoms with Crippen LogP contribution >= 0.6 is 15.9 Å². The topological polar surface area (TPSA) is 204 Å². The third-order valence-electron chi connectivity index (χ3n) is 12.6. The Morgan fingerprint density at radius 2 is 1.66 bits per heavy atom. The number of amides is 4. The number of nitrogens with one attached hydrogen (secondary N) is 4. The number of fused-ring (bicyclic) bond motifs is 6. The summed E-state index contributed by atoms with van der Waals surface area (Å²) >= 11 is 3.70. The van der Waals surface area contributed by atoms with Crippen LogP contribution in [-0.4, -0.2) is 104 Å². The van der Waals surface area contributed by atoms with E-state index in [0.29, 0.717) is 48.9 Å². The molecule has 2 saturated heterocycles. The number of ether oxygens (including phenoxy) is 3. The normalized spacial score (nSPS) is 20.6. The molecule has 6 atom stereocenters. The summed E-state index contributed by atoms with van der Waals surface area (Å²) in [5.74, 6) is 1.29. The smallest absolute Gasteiger partial charge is 0.407 e. The lowest BCUT2D eigenvalue weighted by Crippen LogP contribution is -2.52. The quantitative estimate of drug-likeness (QED) is 0.0874. The minimum atomic E-state index is -1.23. The van der Waals surface area contributed by atoms with Crippen molar-refractivity contribution in [2.24, 2.45) is 17.8 Å². The van der Waals surface area contributed by atoms with E-state index in [0.717, 1.165) is 61.9 Å². The number of carbonyl (C=O) groups excluding carboxylic acids is 3. The lowest BCUT2D eigenvalue weighted by atomic mass is 9.92. The van der Waals surface area contributed by atoms with Crippen LogP contribution in [0.1, 0.15) is 83.2 Å². The number of alkyl carbamates (subject to hydrolysis) is 1. The Labute approximate surface area is 367 Å².